The number of amides is 2. The second-order valence-corrected chi connectivity index (χ2v) is 17.2. The first kappa shape index (κ1) is 38.4. The van der Waals surface area contributed by atoms with Gasteiger partial charge in [0, 0.05) is 54.8 Å². The van der Waals surface area contributed by atoms with Crippen molar-refractivity contribution in [3.8, 4) is 29.9 Å². The van der Waals surface area contributed by atoms with Crippen molar-refractivity contribution in [3.05, 3.63) is 53.1 Å². The quantitative estimate of drug-likeness (QED) is 0.205. The topological polar surface area (TPSA) is 121 Å². The number of ether oxygens (including phenoxy) is 1. The SMILES string of the molecule is C#C.CC1CCC(CC(C)(C)O)N1C=O.COc1ccc2c(c1)C1CC1Cn1c-2c(C2CCCCC2)c2ccc(C(=O)NS(=O)(=O)N(C)C)cc21. The summed E-state index contributed by atoms with van der Waals surface area (Å²) in [7, 11) is 0.658. The summed E-state index contributed by atoms with van der Waals surface area (Å²) < 4.78 is 35.7. The lowest BCUT2D eigenvalue weighted by atomic mass is 9.81. The zero-order chi connectivity index (χ0) is 37.2. The number of aromatic nitrogens is 1. The molecule has 10 nitrogen and oxygen atoms in total. The molecule has 11 heteroatoms. The van der Waals surface area contributed by atoms with Crippen LogP contribution in [0.4, 0.5) is 0 Å². The number of hydrogen-bond donors (Lipinski definition) is 2. The Hall–Kier alpha value is -3.85. The molecule has 276 valence electrons. The lowest BCUT2D eigenvalue weighted by molar-refractivity contribution is -0.121. The summed E-state index contributed by atoms with van der Waals surface area (Å²) in [5.41, 5.74) is 6.03. The van der Waals surface area contributed by atoms with Crippen molar-refractivity contribution in [1.82, 2.24) is 18.5 Å². The smallest absolute Gasteiger partial charge is 0.303 e. The van der Waals surface area contributed by atoms with E-state index in [1.165, 1.54) is 74.0 Å². The second kappa shape index (κ2) is 15.4. The third-order valence-electron chi connectivity index (χ3n) is 11.0. The maximum Gasteiger partial charge on any atom is 0.303 e. The highest BCUT2D eigenvalue weighted by Crippen LogP contribution is 2.57. The molecule has 2 aromatic carbocycles. The summed E-state index contributed by atoms with van der Waals surface area (Å²) >= 11 is 0. The summed E-state index contributed by atoms with van der Waals surface area (Å²) in [6.45, 7) is 6.54. The molecular formula is C40H54N4O6S. The third-order valence-corrected chi connectivity index (χ3v) is 12.4. The van der Waals surface area contributed by atoms with Crippen LogP contribution in [0, 0.1) is 18.8 Å². The first-order chi connectivity index (χ1) is 24.2. The third kappa shape index (κ3) is 8.14. The van der Waals surface area contributed by atoms with Gasteiger partial charge in [0.05, 0.1) is 18.4 Å². The van der Waals surface area contributed by atoms with Crippen LogP contribution in [-0.2, 0) is 21.5 Å². The van der Waals surface area contributed by atoms with Gasteiger partial charge >= 0.3 is 10.2 Å². The molecule has 4 atom stereocenters. The van der Waals surface area contributed by atoms with E-state index in [2.05, 4.69) is 47.3 Å². The number of fused-ring (bicyclic) bond motifs is 7. The molecular weight excluding hydrogens is 665 g/mol. The fourth-order valence-electron chi connectivity index (χ4n) is 8.39. The van der Waals surface area contributed by atoms with Crippen LogP contribution in [0.1, 0.15) is 112 Å². The number of carbonyl (C=O) groups is 2. The van der Waals surface area contributed by atoms with E-state index in [0.717, 1.165) is 47.8 Å². The van der Waals surface area contributed by atoms with Crippen molar-refractivity contribution in [1.29, 1.82) is 0 Å². The molecule has 4 unspecified atom stereocenters. The summed E-state index contributed by atoms with van der Waals surface area (Å²) in [6.07, 6.45) is 18.9. The number of benzene rings is 2. The lowest BCUT2D eigenvalue weighted by Crippen LogP contribution is -2.39. The highest BCUT2D eigenvalue weighted by molar-refractivity contribution is 7.87. The molecule has 1 aromatic heterocycles. The number of carbonyl (C=O) groups excluding carboxylic acids is 2. The minimum atomic E-state index is -3.87. The average Bonchev–Trinajstić information content (AvgIpc) is 3.72. The van der Waals surface area contributed by atoms with Gasteiger partial charge in [-0.15, -0.1) is 12.8 Å². The number of terminal acetylenes is 1. The Bertz CT molecular complexity index is 1870. The first-order valence-corrected chi connectivity index (χ1v) is 19.5. The molecule has 2 aliphatic carbocycles. The molecule has 2 amide bonds. The first-order valence-electron chi connectivity index (χ1n) is 18.1. The summed E-state index contributed by atoms with van der Waals surface area (Å²) in [6, 6.07) is 12.7. The van der Waals surface area contributed by atoms with Gasteiger partial charge in [-0.05, 0) is 119 Å². The standard InChI is InChI=1S/C28H33N3O4S.C10H19NO2.C2H2/c1-30(2)36(33,34)29-28(32)18-9-11-22-25(14-18)31-16-19-13-23(19)24-15-20(35-3)10-12-21(24)27(31)26(22)17-7-5-4-6-8-17;1-8-4-5-9(11(8)7-12)6-10(2,3)13;1-2/h9-12,14-15,17,19,23H,4-8,13,16H2,1-3H3,(H,29,32);7-9,13H,4-6H2,1-3H3;1-2H. The van der Waals surface area contributed by atoms with Gasteiger partial charge in [-0.1, -0.05) is 25.3 Å². The second-order valence-electron chi connectivity index (χ2n) is 15.4. The van der Waals surface area contributed by atoms with Gasteiger partial charge in [0.15, 0.2) is 0 Å². The van der Waals surface area contributed by atoms with Crippen molar-refractivity contribution >= 4 is 33.4 Å². The van der Waals surface area contributed by atoms with Gasteiger partial charge in [-0.2, -0.15) is 12.7 Å². The molecule has 51 heavy (non-hydrogen) atoms. The van der Waals surface area contributed by atoms with Crippen molar-refractivity contribution in [2.75, 3.05) is 21.2 Å². The van der Waals surface area contributed by atoms with Gasteiger partial charge in [0.25, 0.3) is 5.91 Å². The predicted octanol–water partition coefficient (Wildman–Crippen LogP) is 6.42. The molecule has 3 aromatic rings. The highest BCUT2D eigenvalue weighted by atomic mass is 32.2. The van der Waals surface area contributed by atoms with Crippen LogP contribution < -0.4 is 9.46 Å². The van der Waals surface area contributed by atoms with Crippen LogP contribution >= 0.6 is 0 Å². The Balaban J connectivity index is 0.000000284. The van der Waals surface area contributed by atoms with E-state index in [4.69, 9.17) is 4.74 Å². The maximum absolute atomic E-state index is 13.0. The molecule has 7 rings (SSSR count). The molecule has 3 heterocycles. The number of methoxy groups -OCH3 is 1. The molecule has 0 bridgehead atoms. The number of nitrogens with one attached hydrogen (secondary N) is 1. The number of aliphatic hydroxyl groups is 1. The van der Waals surface area contributed by atoms with Crippen molar-refractivity contribution in [2.24, 2.45) is 5.92 Å². The van der Waals surface area contributed by atoms with Gasteiger partial charge in [-0.3, -0.25) is 9.59 Å². The summed E-state index contributed by atoms with van der Waals surface area (Å²) in [5, 5.41) is 10.8. The van der Waals surface area contributed by atoms with Crippen LogP contribution in [0.5, 0.6) is 5.75 Å². The number of likely N-dealkylation sites (tertiary alicyclic amines) is 1. The van der Waals surface area contributed by atoms with E-state index in [1.54, 1.807) is 27.0 Å². The Morgan fingerprint density at radius 3 is 2.41 bits per heavy atom. The average molecular weight is 719 g/mol. The van der Waals surface area contributed by atoms with Crippen molar-refractivity contribution < 1.29 is 27.9 Å². The van der Waals surface area contributed by atoms with E-state index in [-0.39, 0.29) is 6.04 Å². The Kier molecular flexibility index (Phi) is 11.6. The zero-order valence-corrected chi connectivity index (χ0v) is 31.7. The molecule has 0 spiro atoms. The zero-order valence-electron chi connectivity index (χ0n) is 30.9. The number of hydrogen-bond acceptors (Lipinski definition) is 6. The fraction of sp³-hybridized carbons (Fsp3) is 0.550. The Morgan fingerprint density at radius 1 is 1.08 bits per heavy atom. The number of rotatable bonds is 8. The highest BCUT2D eigenvalue weighted by Gasteiger charge is 2.44. The molecule has 4 aliphatic rings. The Morgan fingerprint density at radius 2 is 1.78 bits per heavy atom. The van der Waals surface area contributed by atoms with Gasteiger partial charge in [0.2, 0.25) is 6.41 Å². The molecule has 3 fully saturated rings. The maximum atomic E-state index is 13.0. The molecule has 0 radical (unpaired) electrons. The monoisotopic (exact) mass is 718 g/mol. The van der Waals surface area contributed by atoms with E-state index in [9.17, 15) is 23.1 Å². The minimum Gasteiger partial charge on any atom is -0.497 e. The van der Waals surface area contributed by atoms with Gasteiger partial charge < -0.3 is 19.3 Å². The van der Waals surface area contributed by atoms with E-state index in [1.807, 2.05) is 17.0 Å². The van der Waals surface area contributed by atoms with Crippen LogP contribution in [0.25, 0.3) is 22.2 Å². The molecule has 1 saturated heterocycles. The normalized spacial score (nSPS) is 22.7. The van der Waals surface area contributed by atoms with Crippen LogP contribution in [0.3, 0.4) is 0 Å². The largest absolute Gasteiger partial charge is 0.497 e. The van der Waals surface area contributed by atoms with Crippen LogP contribution in [-0.4, -0.2) is 78.5 Å². The van der Waals surface area contributed by atoms with Crippen LogP contribution in [0.15, 0.2) is 36.4 Å². The minimum absolute atomic E-state index is 0.229. The molecule has 2 saturated carbocycles. The Labute approximate surface area is 303 Å². The fourth-order valence-corrected chi connectivity index (χ4v) is 8.92. The molecule has 2 N–H and O–H groups in total. The van der Waals surface area contributed by atoms with Gasteiger partial charge in [-0.25, -0.2) is 4.72 Å². The van der Waals surface area contributed by atoms with Gasteiger partial charge in [0.1, 0.15) is 5.75 Å². The van der Waals surface area contributed by atoms with Crippen molar-refractivity contribution in [2.45, 2.75) is 115 Å². The van der Waals surface area contributed by atoms with E-state index in [0.29, 0.717) is 35.8 Å². The summed E-state index contributed by atoms with van der Waals surface area (Å²) in [5.74, 6) is 1.85. The van der Waals surface area contributed by atoms with Crippen LogP contribution in [0.2, 0.25) is 0 Å². The number of nitrogens with zero attached hydrogens (tertiary/aromatic N) is 3. The van der Waals surface area contributed by atoms with E-state index < -0.39 is 21.7 Å². The van der Waals surface area contributed by atoms with E-state index >= 15 is 0 Å². The lowest BCUT2D eigenvalue weighted by Gasteiger charge is -2.28. The molecule has 2 aliphatic heterocycles. The van der Waals surface area contributed by atoms with Crippen molar-refractivity contribution in [3.63, 3.8) is 0 Å². The summed E-state index contributed by atoms with van der Waals surface area (Å²) in [4.78, 5) is 25.5. The predicted molar refractivity (Wildman–Crippen MR) is 202 cm³/mol.